The number of amides is 1. The van der Waals surface area contributed by atoms with Crippen molar-refractivity contribution in [3.8, 4) is 0 Å². The van der Waals surface area contributed by atoms with Crippen LogP contribution < -0.4 is 10.9 Å². The highest BCUT2D eigenvalue weighted by Gasteiger charge is 2.22. The Hall–Kier alpha value is -2.12. The first-order chi connectivity index (χ1) is 13.2. The third kappa shape index (κ3) is 4.00. The molecule has 1 unspecified atom stereocenters. The largest absolute Gasteiger partial charge is 0.325 e. The van der Waals surface area contributed by atoms with Gasteiger partial charge in [-0.15, -0.1) is 11.3 Å². The molecule has 0 aliphatic rings. The van der Waals surface area contributed by atoms with Crippen molar-refractivity contribution >= 4 is 44.9 Å². The minimum absolute atomic E-state index is 0.0318. The second-order valence-electron chi connectivity index (χ2n) is 7.25. The number of rotatable bonds is 5. The summed E-state index contributed by atoms with van der Waals surface area (Å²) < 4.78 is 1.70. The summed E-state index contributed by atoms with van der Waals surface area (Å²) in [7, 11) is 0. The first-order valence-corrected chi connectivity index (χ1v) is 10.9. The Bertz CT molecular complexity index is 1100. The van der Waals surface area contributed by atoms with E-state index in [9.17, 15) is 9.59 Å². The highest BCUT2D eigenvalue weighted by molar-refractivity contribution is 8.00. The number of hydrogen-bond donors (Lipinski definition) is 1. The summed E-state index contributed by atoms with van der Waals surface area (Å²) in [5, 5.41) is 3.83. The minimum Gasteiger partial charge on any atom is -0.325 e. The number of nitrogens with one attached hydrogen (secondary N) is 1. The number of carbonyl (C=O) groups is 1. The van der Waals surface area contributed by atoms with Crippen LogP contribution in [0.1, 0.15) is 42.8 Å². The van der Waals surface area contributed by atoms with Crippen LogP contribution in [0, 0.1) is 20.8 Å². The number of benzene rings is 1. The van der Waals surface area contributed by atoms with Gasteiger partial charge in [-0.3, -0.25) is 14.2 Å². The molecule has 3 aromatic rings. The lowest BCUT2D eigenvalue weighted by atomic mass is 10.2. The molecule has 5 nitrogen and oxygen atoms in total. The lowest BCUT2D eigenvalue weighted by Gasteiger charge is -2.18. The summed E-state index contributed by atoms with van der Waals surface area (Å²) in [5.74, 6) is -0.112. The van der Waals surface area contributed by atoms with Crippen molar-refractivity contribution in [3.63, 3.8) is 0 Å². The zero-order chi connectivity index (χ0) is 20.6. The van der Waals surface area contributed by atoms with Crippen molar-refractivity contribution in [2.75, 3.05) is 5.32 Å². The molecule has 2 aromatic heterocycles. The maximum atomic E-state index is 13.1. The summed E-state index contributed by atoms with van der Waals surface area (Å²) in [4.78, 5) is 32.4. The number of thioether (sulfide) groups is 1. The van der Waals surface area contributed by atoms with Crippen LogP contribution in [0.25, 0.3) is 10.2 Å². The number of aryl methyl sites for hydroxylation is 3. The van der Waals surface area contributed by atoms with Crippen LogP contribution in [0.2, 0.25) is 0 Å². The van der Waals surface area contributed by atoms with Gasteiger partial charge in [-0.2, -0.15) is 0 Å². The summed E-state index contributed by atoms with van der Waals surface area (Å²) in [6, 6.07) is 7.66. The normalized spacial score (nSPS) is 12.5. The molecule has 0 saturated heterocycles. The molecule has 0 spiro atoms. The second-order valence-corrected chi connectivity index (χ2v) is 9.76. The zero-order valence-electron chi connectivity index (χ0n) is 17.0. The maximum Gasteiger partial charge on any atom is 0.263 e. The monoisotopic (exact) mass is 415 g/mol. The lowest BCUT2D eigenvalue weighted by Crippen LogP contribution is -2.28. The molecule has 2 heterocycles. The quantitative estimate of drug-likeness (QED) is 0.466. The molecular weight excluding hydrogens is 390 g/mol. The molecule has 0 aliphatic carbocycles. The van der Waals surface area contributed by atoms with Crippen molar-refractivity contribution < 1.29 is 4.79 Å². The van der Waals surface area contributed by atoms with Gasteiger partial charge in [0.1, 0.15) is 4.83 Å². The summed E-state index contributed by atoms with van der Waals surface area (Å²) >= 11 is 2.85. The summed E-state index contributed by atoms with van der Waals surface area (Å²) in [6.07, 6.45) is 0. The number of anilines is 1. The first kappa shape index (κ1) is 20.6. The maximum absolute atomic E-state index is 13.1. The standard InChI is InChI=1S/C21H25N3O2S2/c1-11(2)24-20(26)17-13(4)14(5)27-19(17)23-21(24)28-15(6)18(25)22-16-9-7-8-12(3)10-16/h7-11,15H,1-6H3,(H,22,25). The van der Waals surface area contributed by atoms with Gasteiger partial charge in [0, 0.05) is 16.6 Å². The van der Waals surface area contributed by atoms with E-state index in [0.717, 1.165) is 26.5 Å². The van der Waals surface area contributed by atoms with Crippen LogP contribution >= 0.6 is 23.1 Å². The van der Waals surface area contributed by atoms with Crippen molar-refractivity contribution in [2.24, 2.45) is 0 Å². The lowest BCUT2D eigenvalue weighted by molar-refractivity contribution is -0.115. The van der Waals surface area contributed by atoms with E-state index in [0.29, 0.717) is 10.5 Å². The molecule has 1 atom stereocenters. The molecule has 0 fully saturated rings. The van der Waals surface area contributed by atoms with Gasteiger partial charge in [0.05, 0.1) is 10.6 Å². The fourth-order valence-electron chi connectivity index (χ4n) is 3.00. The highest BCUT2D eigenvalue weighted by Crippen LogP contribution is 2.31. The predicted octanol–water partition coefficient (Wildman–Crippen LogP) is 5.08. The Balaban J connectivity index is 1.93. The van der Waals surface area contributed by atoms with Crippen molar-refractivity contribution in [1.82, 2.24) is 9.55 Å². The van der Waals surface area contributed by atoms with Crippen LogP contribution in [0.15, 0.2) is 34.2 Å². The Morgan fingerprint density at radius 1 is 1.21 bits per heavy atom. The minimum atomic E-state index is -0.392. The van der Waals surface area contributed by atoms with E-state index < -0.39 is 5.25 Å². The Morgan fingerprint density at radius 3 is 2.57 bits per heavy atom. The third-order valence-corrected chi connectivity index (χ3v) is 6.82. The van der Waals surface area contributed by atoms with E-state index in [1.165, 1.54) is 23.1 Å². The topological polar surface area (TPSA) is 64.0 Å². The van der Waals surface area contributed by atoms with Gasteiger partial charge in [-0.25, -0.2) is 4.98 Å². The molecule has 7 heteroatoms. The number of nitrogens with zero attached hydrogens (tertiary/aromatic N) is 2. The molecule has 3 rings (SSSR count). The third-order valence-electron chi connectivity index (χ3n) is 4.66. The van der Waals surface area contributed by atoms with Crippen molar-refractivity contribution in [1.29, 1.82) is 0 Å². The molecule has 0 radical (unpaired) electrons. The SMILES string of the molecule is Cc1cccc(NC(=O)C(C)Sc2nc3sc(C)c(C)c3c(=O)n2C(C)C)c1. The zero-order valence-corrected chi connectivity index (χ0v) is 18.6. The Morgan fingerprint density at radius 2 is 1.93 bits per heavy atom. The van der Waals surface area contributed by atoms with E-state index in [-0.39, 0.29) is 17.5 Å². The molecule has 1 N–H and O–H groups in total. The second kappa shape index (κ2) is 8.09. The van der Waals surface area contributed by atoms with Crippen LogP contribution in [0.4, 0.5) is 5.69 Å². The number of thiophene rings is 1. The molecular formula is C21H25N3O2S2. The average molecular weight is 416 g/mol. The number of aromatic nitrogens is 2. The molecule has 28 heavy (non-hydrogen) atoms. The Kier molecular flexibility index (Phi) is 5.95. The molecule has 148 valence electrons. The van der Waals surface area contributed by atoms with E-state index in [1.807, 2.05) is 65.8 Å². The van der Waals surface area contributed by atoms with Gasteiger partial charge in [0.25, 0.3) is 5.56 Å². The highest BCUT2D eigenvalue weighted by atomic mass is 32.2. The molecule has 0 saturated carbocycles. The summed E-state index contributed by atoms with van der Waals surface area (Å²) in [6.45, 7) is 11.7. The van der Waals surface area contributed by atoms with E-state index in [4.69, 9.17) is 4.98 Å². The van der Waals surface area contributed by atoms with Crippen LogP contribution in [-0.4, -0.2) is 20.7 Å². The van der Waals surface area contributed by atoms with Crippen LogP contribution in [0.3, 0.4) is 0 Å². The number of hydrogen-bond acceptors (Lipinski definition) is 5. The van der Waals surface area contributed by atoms with E-state index in [1.54, 1.807) is 4.57 Å². The number of fused-ring (bicyclic) bond motifs is 1. The fraction of sp³-hybridized carbons (Fsp3) is 0.381. The fourth-order valence-corrected chi connectivity index (χ4v) is 5.12. The van der Waals surface area contributed by atoms with Gasteiger partial charge < -0.3 is 5.32 Å². The van der Waals surface area contributed by atoms with E-state index >= 15 is 0 Å². The van der Waals surface area contributed by atoms with Gasteiger partial charge in [-0.1, -0.05) is 23.9 Å². The smallest absolute Gasteiger partial charge is 0.263 e. The molecule has 0 bridgehead atoms. The van der Waals surface area contributed by atoms with Gasteiger partial charge >= 0.3 is 0 Å². The van der Waals surface area contributed by atoms with Gasteiger partial charge in [0.2, 0.25) is 5.91 Å². The van der Waals surface area contributed by atoms with E-state index in [2.05, 4.69) is 5.32 Å². The molecule has 0 aliphatic heterocycles. The molecule has 1 aromatic carbocycles. The van der Waals surface area contributed by atoms with Gasteiger partial charge in [0.15, 0.2) is 5.16 Å². The average Bonchev–Trinajstić information content (AvgIpc) is 2.88. The van der Waals surface area contributed by atoms with Crippen LogP contribution in [0.5, 0.6) is 0 Å². The first-order valence-electron chi connectivity index (χ1n) is 9.25. The predicted molar refractivity (Wildman–Crippen MR) is 119 cm³/mol. The van der Waals surface area contributed by atoms with Crippen molar-refractivity contribution in [2.45, 2.75) is 58.0 Å². The van der Waals surface area contributed by atoms with Crippen molar-refractivity contribution in [3.05, 3.63) is 50.6 Å². The number of carbonyl (C=O) groups excluding carboxylic acids is 1. The van der Waals surface area contributed by atoms with Crippen LogP contribution in [-0.2, 0) is 4.79 Å². The summed E-state index contributed by atoms with van der Waals surface area (Å²) in [5.41, 5.74) is 2.82. The molecule has 1 amide bonds. The Labute approximate surface area is 173 Å². The van der Waals surface area contributed by atoms with Gasteiger partial charge in [-0.05, 0) is 64.8 Å².